The molecule has 1 aromatic rings. The number of unbranched alkanes of at least 4 members (excludes halogenated alkanes) is 2. The first-order chi connectivity index (χ1) is 19.9. The van der Waals surface area contributed by atoms with Crippen molar-refractivity contribution in [1.82, 2.24) is 14.7 Å². The van der Waals surface area contributed by atoms with Crippen LogP contribution in [0.4, 0.5) is 0 Å². The number of aliphatic hydroxyl groups is 1. The molecule has 0 aromatic heterocycles. The zero-order chi connectivity index (χ0) is 29.6. The van der Waals surface area contributed by atoms with Crippen LogP contribution in [0, 0.1) is 11.8 Å². The molecule has 2 bridgehead atoms. The molecule has 1 N–H and O–H groups in total. The number of carbonyl (C=O) groups excluding carboxylic acids is 3. The Kier molecular flexibility index (Phi) is 10.4. The highest BCUT2D eigenvalue weighted by molar-refractivity contribution is 5.99. The van der Waals surface area contributed by atoms with E-state index in [0.717, 1.165) is 31.2 Å². The molecule has 2 unspecified atom stereocenters. The van der Waals surface area contributed by atoms with Gasteiger partial charge in [0.1, 0.15) is 11.6 Å². The topological polar surface area (TPSA) is 90.4 Å². The molecule has 4 rings (SSSR count). The summed E-state index contributed by atoms with van der Waals surface area (Å²) < 4.78 is 6.67. The van der Waals surface area contributed by atoms with Gasteiger partial charge in [-0.05, 0) is 37.7 Å². The van der Waals surface area contributed by atoms with E-state index in [4.69, 9.17) is 4.74 Å². The largest absolute Gasteiger partial charge is 0.394 e. The lowest BCUT2D eigenvalue weighted by Gasteiger charge is -2.39. The van der Waals surface area contributed by atoms with Gasteiger partial charge in [-0.2, -0.15) is 0 Å². The normalized spacial score (nSPS) is 27.0. The fraction of sp³-hybridized carbons (Fsp3) is 0.606. The van der Waals surface area contributed by atoms with E-state index in [1.807, 2.05) is 37.3 Å². The second-order valence-corrected chi connectivity index (χ2v) is 11.7. The van der Waals surface area contributed by atoms with Gasteiger partial charge in [0.15, 0.2) is 0 Å². The molecule has 3 aliphatic heterocycles. The van der Waals surface area contributed by atoms with Gasteiger partial charge in [-0.15, -0.1) is 13.2 Å². The number of amides is 3. The lowest BCUT2D eigenvalue weighted by Crippen LogP contribution is -2.59. The van der Waals surface area contributed by atoms with Gasteiger partial charge in [-0.3, -0.25) is 14.4 Å². The van der Waals surface area contributed by atoms with E-state index >= 15 is 0 Å². The smallest absolute Gasteiger partial charge is 0.248 e. The maximum Gasteiger partial charge on any atom is 0.248 e. The molecule has 8 nitrogen and oxygen atoms in total. The van der Waals surface area contributed by atoms with Crippen molar-refractivity contribution in [2.24, 2.45) is 11.8 Å². The van der Waals surface area contributed by atoms with Crippen LogP contribution in [-0.4, -0.2) is 94.1 Å². The average Bonchev–Trinajstić information content (AvgIpc) is 3.62. The first-order valence-corrected chi connectivity index (χ1v) is 15.3. The number of aliphatic hydroxyl groups excluding tert-OH is 1. The van der Waals surface area contributed by atoms with Gasteiger partial charge in [-0.25, -0.2) is 0 Å². The van der Waals surface area contributed by atoms with Gasteiger partial charge >= 0.3 is 0 Å². The van der Waals surface area contributed by atoms with Gasteiger partial charge in [0, 0.05) is 26.2 Å². The van der Waals surface area contributed by atoms with Crippen LogP contribution < -0.4 is 0 Å². The molecule has 3 amide bonds. The van der Waals surface area contributed by atoms with Gasteiger partial charge in [-0.1, -0.05) is 69.2 Å². The second kappa shape index (κ2) is 13.8. The van der Waals surface area contributed by atoms with E-state index in [1.165, 1.54) is 0 Å². The molecule has 224 valence electrons. The molecule has 8 heteroatoms. The first-order valence-electron chi connectivity index (χ1n) is 15.3. The summed E-state index contributed by atoms with van der Waals surface area (Å²) in [5.74, 6) is -1.99. The summed E-state index contributed by atoms with van der Waals surface area (Å²) in [5, 5.41) is 10.7. The third-order valence-corrected chi connectivity index (χ3v) is 9.02. The summed E-state index contributed by atoms with van der Waals surface area (Å²) in [5.41, 5.74) is -0.136. The molecule has 3 aliphatic rings. The van der Waals surface area contributed by atoms with Crippen LogP contribution in [0.5, 0.6) is 0 Å². The average molecular weight is 566 g/mol. The SMILES string of the molecule is C=CCN(CCCCC)C(=O)C1N([C@@H](CO)Cc2ccccc2)C(=O)[C@@H]2[C@@H](C(=O)N(CC=C)CCC)[C@H]3CCC12O3. The Hall–Kier alpha value is -2.97. The minimum absolute atomic E-state index is 0.112. The second-order valence-electron chi connectivity index (χ2n) is 11.7. The number of benzene rings is 1. The molecule has 0 aliphatic carbocycles. The van der Waals surface area contributed by atoms with E-state index in [9.17, 15) is 19.5 Å². The van der Waals surface area contributed by atoms with Crippen molar-refractivity contribution in [3.63, 3.8) is 0 Å². The van der Waals surface area contributed by atoms with E-state index in [1.54, 1.807) is 26.9 Å². The van der Waals surface area contributed by atoms with Crippen LogP contribution in [0.15, 0.2) is 55.6 Å². The number of rotatable bonds is 16. The van der Waals surface area contributed by atoms with Gasteiger partial charge in [0.05, 0.1) is 30.6 Å². The van der Waals surface area contributed by atoms with Crippen LogP contribution in [0.3, 0.4) is 0 Å². The predicted octanol–water partition coefficient (Wildman–Crippen LogP) is 3.59. The van der Waals surface area contributed by atoms with Gasteiger partial charge in [0.2, 0.25) is 17.7 Å². The van der Waals surface area contributed by atoms with Crippen molar-refractivity contribution in [2.45, 2.75) is 82.6 Å². The Labute approximate surface area is 245 Å². The van der Waals surface area contributed by atoms with Crippen molar-refractivity contribution in [3.05, 3.63) is 61.2 Å². The van der Waals surface area contributed by atoms with Crippen LogP contribution in [0.1, 0.15) is 57.9 Å². The van der Waals surface area contributed by atoms with Crippen molar-refractivity contribution in [3.8, 4) is 0 Å². The van der Waals surface area contributed by atoms with Crippen molar-refractivity contribution < 1.29 is 24.2 Å². The van der Waals surface area contributed by atoms with Crippen molar-refractivity contribution in [2.75, 3.05) is 32.8 Å². The minimum atomic E-state index is -1.10. The maximum absolute atomic E-state index is 14.5. The Bertz CT molecular complexity index is 1090. The molecule has 0 radical (unpaired) electrons. The molecule has 0 saturated carbocycles. The number of likely N-dealkylation sites (tertiary alicyclic amines) is 1. The Morgan fingerprint density at radius 2 is 1.76 bits per heavy atom. The summed E-state index contributed by atoms with van der Waals surface area (Å²) in [6.07, 6.45) is 8.19. The summed E-state index contributed by atoms with van der Waals surface area (Å²) in [4.78, 5) is 48.2. The number of fused-ring (bicyclic) bond motifs is 1. The van der Waals surface area contributed by atoms with Crippen molar-refractivity contribution >= 4 is 17.7 Å². The number of carbonyl (C=O) groups is 3. The fourth-order valence-corrected chi connectivity index (χ4v) is 7.28. The Morgan fingerprint density at radius 3 is 2.37 bits per heavy atom. The maximum atomic E-state index is 14.5. The van der Waals surface area contributed by atoms with E-state index in [-0.39, 0.29) is 24.3 Å². The molecule has 3 saturated heterocycles. The summed E-state index contributed by atoms with van der Waals surface area (Å²) in [7, 11) is 0. The fourth-order valence-electron chi connectivity index (χ4n) is 7.28. The number of nitrogens with zero attached hydrogens (tertiary/aromatic N) is 3. The van der Waals surface area contributed by atoms with E-state index in [0.29, 0.717) is 45.4 Å². The molecular formula is C33H47N3O5. The molecular weight excluding hydrogens is 518 g/mol. The lowest BCUT2D eigenvalue weighted by atomic mass is 9.70. The predicted molar refractivity (Wildman–Crippen MR) is 159 cm³/mol. The number of hydrogen-bond donors (Lipinski definition) is 1. The van der Waals surface area contributed by atoms with E-state index in [2.05, 4.69) is 20.1 Å². The molecule has 1 aromatic carbocycles. The third-order valence-electron chi connectivity index (χ3n) is 9.02. The molecule has 1 spiro atoms. The highest BCUT2D eigenvalue weighted by Gasteiger charge is 2.75. The summed E-state index contributed by atoms with van der Waals surface area (Å²) >= 11 is 0. The molecule has 6 atom stereocenters. The first kappa shape index (κ1) is 31.0. The molecule has 41 heavy (non-hydrogen) atoms. The van der Waals surface area contributed by atoms with Gasteiger partial charge < -0.3 is 24.5 Å². The third kappa shape index (κ3) is 5.86. The zero-order valence-corrected chi connectivity index (χ0v) is 24.7. The molecule has 3 fully saturated rings. The van der Waals surface area contributed by atoms with Gasteiger partial charge in [0.25, 0.3) is 0 Å². The zero-order valence-electron chi connectivity index (χ0n) is 24.7. The highest BCUT2D eigenvalue weighted by atomic mass is 16.5. The minimum Gasteiger partial charge on any atom is -0.394 e. The van der Waals surface area contributed by atoms with E-state index < -0.39 is 35.6 Å². The Balaban J connectivity index is 1.76. The van der Waals surface area contributed by atoms with Crippen LogP contribution in [0.2, 0.25) is 0 Å². The Morgan fingerprint density at radius 1 is 1.07 bits per heavy atom. The van der Waals surface area contributed by atoms with Crippen LogP contribution in [0.25, 0.3) is 0 Å². The number of hydrogen-bond acceptors (Lipinski definition) is 5. The highest BCUT2D eigenvalue weighted by Crippen LogP contribution is 2.59. The molecule has 3 heterocycles. The monoisotopic (exact) mass is 565 g/mol. The quantitative estimate of drug-likeness (QED) is 0.244. The van der Waals surface area contributed by atoms with Crippen molar-refractivity contribution in [1.29, 1.82) is 0 Å². The van der Waals surface area contributed by atoms with Crippen LogP contribution >= 0.6 is 0 Å². The summed E-state index contributed by atoms with van der Waals surface area (Å²) in [6.45, 7) is 13.4. The summed E-state index contributed by atoms with van der Waals surface area (Å²) in [6, 6.07) is 8.15. The van der Waals surface area contributed by atoms with Crippen LogP contribution in [-0.2, 0) is 25.5 Å². The number of ether oxygens (including phenoxy) is 1. The lowest BCUT2D eigenvalue weighted by molar-refractivity contribution is -0.151. The standard InChI is InChI=1S/C33H47N3O5/c1-5-9-13-21-35(20-8-4)32(40)29-33-17-16-26(41-33)27(30(38)34(18-6-2)19-7-3)28(33)31(39)36(29)25(23-37)22-24-14-11-10-12-15-24/h6,8,10-12,14-15,25-29,37H,2,4-5,7,9,13,16-23H2,1,3H3/t25-,26-,27+,28+,29?,33?/m1/s1.